The van der Waals surface area contributed by atoms with Crippen molar-refractivity contribution < 1.29 is 4.74 Å². The Morgan fingerprint density at radius 3 is 3.00 bits per heavy atom. The van der Waals surface area contributed by atoms with Crippen LogP contribution in [-0.4, -0.2) is 37.2 Å². The summed E-state index contributed by atoms with van der Waals surface area (Å²) in [5.41, 5.74) is 7.18. The molecule has 2 atom stereocenters. The summed E-state index contributed by atoms with van der Waals surface area (Å²) in [4.78, 5) is 2.42. The third-order valence-electron chi connectivity index (χ3n) is 3.80. The third-order valence-corrected chi connectivity index (χ3v) is 5.04. The molecule has 1 saturated heterocycles. The van der Waals surface area contributed by atoms with E-state index in [2.05, 4.69) is 26.9 Å². The lowest BCUT2D eigenvalue weighted by atomic mass is 10.0. The van der Waals surface area contributed by atoms with Gasteiger partial charge in [0.2, 0.25) is 0 Å². The number of hydrogen-bond acceptors (Lipinski definition) is 3. The first kappa shape index (κ1) is 16.2. The van der Waals surface area contributed by atoms with Crippen LogP contribution in [0.25, 0.3) is 0 Å². The van der Waals surface area contributed by atoms with E-state index in [4.69, 9.17) is 22.1 Å². The fraction of sp³-hybridized carbons (Fsp3) is 0.600. The number of benzene rings is 1. The average molecular weight is 362 g/mol. The number of nitrogens with two attached hydrogens (primary N) is 1. The quantitative estimate of drug-likeness (QED) is 0.871. The van der Waals surface area contributed by atoms with Gasteiger partial charge in [-0.3, -0.25) is 4.90 Å². The molecule has 2 rings (SSSR count). The van der Waals surface area contributed by atoms with Crippen molar-refractivity contribution in [1.82, 2.24) is 4.90 Å². The number of nitrogens with zero attached hydrogens (tertiary/aromatic N) is 1. The van der Waals surface area contributed by atoms with Gasteiger partial charge in [0.05, 0.1) is 11.1 Å². The summed E-state index contributed by atoms with van der Waals surface area (Å²) in [5.74, 6) is 0. The minimum absolute atomic E-state index is 0.212. The summed E-state index contributed by atoms with van der Waals surface area (Å²) in [6.07, 6.45) is 2.63. The van der Waals surface area contributed by atoms with Gasteiger partial charge in [-0.2, -0.15) is 0 Å². The zero-order chi connectivity index (χ0) is 14.5. The van der Waals surface area contributed by atoms with Crippen LogP contribution < -0.4 is 5.73 Å². The van der Waals surface area contributed by atoms with Crippen molar-refractivity contribution in [3.05, 3.63) is 33.3 Å². The topological polar surface area (TPSA) is 38.5 Å². The predicted molar refractivity (Wildman–Crippen MR) is 87.2 cm³/mol. The third kappa shape index (κ3) is 3.95. The molecule has 1 aliphatic heterocycles. The Labute approximate surface area is 134 Å². The molecule has 5 heteroatoms. The van der Waals surface area contributed by atoms with E-state index in [-0.39, 0.29) is 6.04 Å². The van der Waals surface area contributed by atoms with Gasteiger partial charge < -0.3 is 10.5 Å². The number of ether oxygens (including phenoxy) is 1. The smallest absolute Gasteiger partial charge is 0.0702 e. The van der Waals surface area contributed by atoms with Crippen molar-refractivity contribution in [2.45, 2.75) is 31.9 Å². The Balaban J connectivity index is 2.12. The summed E-state index contributed by atoms with van der Waals surface area (Å²) in [5, 5.41) is 0.735. The Kier molecular flexibility index (Phi) is 6.30. The summed E-state index contributed by atoms with van der Waals surface area (Å²) in [6, 6.07) is 6.30. The highest BCUT2D eigenvalue weighted by molar-refractivity contribution is 9.10. The Morgan fingerprint density at radius 2 is 2.35 bits per heavy atom. The van der Waals surface area contributed by atoms with Crippen molar-refractivity contribution in [3.8, 4) is 0 Å². The molecular formula is C15H22BrClN2O. The zero-order valence-electron chi connectivity index (χ0n) is 11.8. The SMILES string of the molecule is CCOC1CCCN(C(CN)c2ccc(Br)c(Cl)c2)C1. The highest BCUT2D eigenvalue weighted by Crippen LogP contribution is 2.30. The van der Waals surface area contributed by atoms with Gasteiger partial charge in [0.1, 0.15) is 0 Å². The van der Waals surface area contributed by atoms with E-state index in [1.54, 1.807) is 0 Å². The second-order valence-electron chi connectivity index (χ2n) is 5.14. The monoisotopic (exact) mass is 360 g/mol. The first-order valence-corrected chi connectivity index (χ1v) is 8.33. The Hall–Kier alpha value is -0.130. The summed E-state index contributed by atoms with van der Waals surface area (Å²) in [6.45, 7) is 5.43. The molecule has 20 heavy (non-hydrogen) atoms. The lowest BCUT2D eigenvalue weighted by Crippen LogP contribution is -2.44. The van der Waals surface area contributed by atoms with Crippen LogP contribution in [0.4, 0.5) is 0 Å². The van der Waals surface area contributed by atoms with Crippen LogP contribution in [0, 0.1) is 0 Å². The van der Waals surface area contributed by atoms with Crippen molar-refractivity contribution in [1.29, 1.82) is 0 Å². The maximum atomic E-state index is 6.20. The maximum Gasteiger partial charge on any atom is 0.0702 e. The minimum Gasteiger partial charge on any atom is -0.377 e. The first-order chi connectivity index (χ1) is 9.65. The van der Waals surface area contributed by atoms with Crippen LogP contribution in [0.15, 0.2) is 22.7 Å². The van der Waals surface area contributed by atoms with Gasteiger partial charge >= 0.3 is 0 Å². The molecule has 1 fully saturated rings. The minimum atomic E-state index is 0.212. The standard InChI is InChI=1S/C15H22BrClN2O/c1-2-20-12-4-3-7-19(10-12)15(9-18)11-5-6-13(16)14(17)8-11/h5-6,8,12,15H,2-4,7,9-10,18H2,1H3. The van der Waals surface area contributed by atoms with Gasteiger partial charge in [-0.15, -0.1) is 0 Å². The van der Waals surface area contributed by atoms with E-state index >= 15 is 0 Å². The first-order valence-electron chi connectivity index (χ1n) is 7.16. The van der Waals surface area contributed by atoms with Crippen molar-refractivity contribution in [3.63, 3.8) is 0 Å². The lowest BCUT2D eigenvalue weighted by Gasteiger charge is -2.38. The van der Waals surface area contributed by atoms with E-state index in [0.717, 1.165) is 42.0 Å². The number of hydrogen-bond donors (Lipinski definition) is 1. The largest absolute Gasteiger partial charge is 0.377 e. The van der Waals surface area contributed by atoms with Crippen molar-refractivity contribution in [2.75, 3.05) is 26.2 Å². The van der Waals surface area contributed by atoms with Crippen LogP contribution in [-0.2, 0) is 4.74 Å². The predicted octanol–water partition coefficient (Wildman–Crippen LogP) is 3.60. The molecule has 3 nitrogen and oxygen atoms in total. The molecule has 0 saturated carbocycles. The van der Waals surface area contributed by atoms with Crippen molar-refractivity contribution in [2.24, 2.45) is 5.73 Å². The summed E-state index contributed by atoms with van der Waals surface area (Å²) < 4.78 is 6.69. The molecule has 0 aliphatic carbocycles. The molecule has 1 aliphatic rings. The number of rotatable bonds is 5. The van der Waals surface area contributed by atoms with E-state index in [1.165, 1.54) is 5.56 Å². The van der Waals surface area contributed by atoms with Crippen LogP contribution in [0.2, 0.25) is 5.02 Å². The fourth-order valence-corrected chi connectivity index (χ4v) is 3.27. The van der Waals surface area contributed by atoms with Gasteiger partial charge in [0.25, 0.3) is 0 Å². The number of halogens is 2. The van der Waals surface area contributed by atoms with Gasteiger partial charge in [-0.25, -0.2) is 0 Å². The average Bonchev–Trinajstić information content (AvgIpc) is 2.44. The van der Waals surface area contributed by atoms with Gasteiger partial charge in [-0.05, 0) is 59.9 Å². The second kappa shape index (κ2) is 7.76. The summed E-state index contributed by atoms with van der Waals surface area (Å²) >= 11 is 9.63. The van der Waals surface area contributed by atoms with Crippen LogP contribution in [0.5, 0.6) is 0 Å². The van der Waals surface area contributed by atoms with Gasteiger partial charge in [0.15, 0.2) is 0 Å². The molecular weight excluding hydrogens is 340 g/mol. The van der Waals surface area contributed by atoms with Crippen LogP contribution >= 0.6 is 27.5 Å². The van der Waals surface area contributed by atoms with E-state index < -0.39 is 0 Å². The fourth-order valence-electron chi connectivity index (χ4n) is 2.84. The summed E-state index contributed by atoms with van der Waals surface area (Å²) in [7, 11) is 0. The van der Waals surface area contributed by atoms with Gasteiger partial charge in [-0.1, -0.05) is 17.7 Å². The molecule has 1 aromatic rings. The highest BCUT2D eigenvalue weighted by Gasteiger charge is 2.26. The Bertz CT molecular complexity index is 442. The van der Waals surface area contributed by atoms with Crippen LogP contribution in [0.3, 0.4) is 0 Å². The number of likely N-dealkylation sites (tertiary alicyclic amines) is 1. The van der Waals surface area contributed by atoms with E-state index in [0.29, 0.717) is 12.6 Å². The maximum absolute atomic E-state index is 6.20. The molecule has 0 radical (unpaired) electrons. The molecule has 2 N–H and O–H groups in total. The Morgan fingerprint density at radius 1 is 1.55 bits per heavy atom. The zero-order valence-corrected chi connectivity index (χ0v) is 14.2. The van der Waals surface area contributed by atoms with Crippen molar-refractivity contribution >= 4 is 27.5 Å². The molecule has 0 aromatic heterocycles. The van der Waals surface area contributed by atoms with Gasteiger partial charge in [0, 0.05) is 30.2 Å². The van der Waals surface area contributed by atoms with Crippen LogP contribution in [0.1, 0.15) is 31.4 Å². The second-order valence-corrected chi connectivity index (χ2v) is 6.40. The lowest BCUT2D eigenvalue weighted by molar-refractivity contribution is -0.00659. The molecule has 2 unspecified atom stereocenters. The highest BCUT2D eigenvalue weighted by atomic mass is 79.9. The van der Waals surface area contributed by atoms with E-state index in [9.17, 15) is 0 Å². The molecule has 1 heterocycles. The molecule has 112 valence electrons. The normalized spacial score (nSPS) is 21.9. The molecule has 0 amide bonds. The number of piperidine rings is 1. The molecule has 0 bridgehead atoms. The molecule has 0 spiro atoms. The van der Waals surface area contributed by atoms with E-state index in [1.807, 2.05) is 19.1 Å². The molecule has 1 aromatic carbocycles.